The molecule has 0 fully saturated rings. The van der Waals surface area contributed by atoms with Gasteiger partial charge < -0.3 is 15.2 Å². The Morgan fingerprint density at radius 2 is 2.00 bits per heavy atom. The number of benzene rings is 1. The van der Waals surface area contributed by atoms with E-state index in [1.807, 2.05) is 0 Å². The lowest BCUT2D eigenvalue weighted by Gasteiger charge is -2.05. The molecule has 0 spiro atoms. The number of aromatic amines is 1. The van der Waals surface area contributed by atoms with Gasteiger partial charge in [-0.05, 0) is 24.3 Å². The molecule has 0 bridgehead atoms. The number of aromatic nitrogens is 2. The van der Waals surface area contributed by atoms with Crippen LogP contribution in [-0.2, 0) is 6.18 Å². The van der Waals surface area contributed by atoms with Crippen LogP contribution in [0.4, 0.5) is 18.9 Å². The van der Waals surface area contributed by atoms with E-state index in [-0.39, 0.29) is 0 Å². The Hall–Kier alpha value is -2.44. The van der Waals surface area contributed by atoms with Gasteiger partial charge >= 0.3 is 6.18 Å². The maximum Gasteiger partial charge on any atom is 0.416 e. The number of hydrogen-bond donors (Lipinski definition) is 2. The number of anilines is 1. The summed E-state index contributed by atoms with van der Waals surface area (Å²) >= 11 is 0. The molecule has 2 heterocycles. The minimum absolute atomic E-state index is 0.310. The number of alkyl halides is 3. The minimum atomic E-state index is -4.36. The van der Waals surface area contributed by atoms with Crippen LogP contribution in [0.25, 0.3) is 22.4 Å². The van der Waals surface area contributed by atoms with E-state index in [1.165, 1.54) is 12.3 Å². The molecule has 0 unspecified atom stereocenters. The average molecular weight is 267 g/mol. The highest BCUT2D eigenvalue weighted by Crippen LogP contribution is 2.33. The molecule has 4 nitrogen and oxygen atoms in total. The number of nitrogens with one attached hydrogen (secondary N) is 1. The van der Waals surface area contributed by atoms with Gasteiger partial charge in [0.25, 0.3) is 0 Å². The molecule has 1 aromatic carbocycles. The quantitative estimate of drug-likeness (QED) is 0.709. The molecule has 0 aliphatic heterocycles. The summed E-state index contributed by atoms with van der Waals surface area (Å²) in [7, 11) is 0. The molecule has 3 N–H and O–H groups in total. The number of halogens is 3. The van der Waals surface area contributed by atoms with E-state index in [0.29, 0.717) is 28.0 Å². The van der Waals surface area contributed by atoms with Crippen molar-refractivity contribution in [2.24, 2.45) is 0 Å². The van der Waals surface area contributed by atoms with Gasteiger partial charge in [-0.2, -0.15) is 13.2 Å². The fourth-order valence-corrected chi connectivity index (χ4v) is 1.88. The molecule has 0 aliphatic carbocycles. The number of H-pyrrole nitrogens is 1. The van der Waals surface area contributed by atoms with E-state index in [0.717, 1.165) is 12.1 Å². The van der Waals surface area contributed by atoms with E-state index in [1.54, 1.807) is 6.07 Å². The van der Waals surface area contributed by atoms with Gasteiger partial charge in [0, 0.05) is 10.9 Å². The van der Waals surface area contributed by atoms with Crippen molar-refractivity contribution in [2.45, 2.75) is 6.18 Å². The van der Waals surface area contributed by atoms with Gasteiger partial charge in [0.05, 0.1) is 17.5 Å². The van der Waals surface area contributed by atoms with E-state index in [4.69, 9.17) is 10.3 Å². The maximum atomic E-state index is 12.6. The minimum Gasteiger partial charge on any atom is -0.394 e. The zero-order chi connectivity index (χ0) is 13.6. The van der Waals surface area contributed by atoms with Crippen LogP contribution < -0.4 is 5.73 Å². The lowest BCUT2D eigenvalue weighted by atomic mass is 10.1. The first-order chi connectivity index (χ1) is 8.95. The Bertz CT molecular complexity index is 742. The van der Waals surface area contributed by atoms with Crippen LogP contribution in [0.15, 0.2) is 35.0 Å². The normalized spacial score (nSPS) is 12.2. The molecule has 0 atom stereocenters. The van der Waals surface area contributed by atoms with Crippen LogP contribution >= 0.6 is 0 Å². The fourth-order valence-electron chi connectivity index (χ4n) is 1.88. The van der Waals surface area contributed by atoms with Crippen LogP contribution in [0.5, 0.6) is 0 Å². The molecule has 0 radical (unpaired) electrons. The van der Waals surface area contributed by atoms with Crippen molar-refractivity contribution in [3.8, 4) is 11.5 Å². The van der Waals surface area contributed by atoms with Crippen LogP contribution in [0.3, 0.4) is 0 Å². The van der Waals surface area contributed by atoms with Crippen molar-refractivity contribution in [1.82, 2.24) is 10.1 Å². The standard InChI is InChI=1S/C12H8F3N3O/c13-12(14,15)7-1-2-9-6(3-7)4-10(18-9)11-8(16)5-17-19-11/h1-5,18H,16H2. The first-order valence-corrected chi connectivity index (χ1v) is 5.35. The average Bonchev–Trinajstić information content (AvgIpc) is 2.91. The SMILES string of the molecule is Nc1cnoc1-c1cc2cc(C(F)(F)F)ccc2[nH]1. The first kappa shape index (κ1) is 11.6. The highest BCUT2D eigenvalue weighted by molar-refractivity contribution is 5.87. The lowest BCUT2D eigenvalue weighted by molar-refractivity contribution is -0.137. The van der Waals surface area contributed by atoms with Crippen molar-refractivity contribution >= 4 is 16.6 Å². The summed E-state index contributed by atoms with van der Waals surface area (Å²) in [6.07, 6.45) is -3.03. The van der Waals surface area contributed by atoms with Gasteiger partial charge in [0.15, 0.2) is 0 Å². The highest BCUT2D eigenvalue weighted by atomic mass is 19.4. The molecule has 0 saturated carbocycles. The van der Waals surface area contributed by atoms with Crippen LogP contribution in [0.1, 0.15) is 5.56 Å². The number of nitrogens with zero attached hydrogens (tertiary/aromatic N) is 1. The molecule has 7 heteroatoms. The van der Waals surface area contributed by atoms with E-state index < -0.39 is 11.7 Å². The summed E-state index contributed by atoms with van der Waals surface area (Å²) in [4.78, 5) is 2.94. The predicted octanol–water partition coefficient (Wildman–Crippen LogP) is 3.42. The van der Waals surface area contributed by atoms with Gasteiger partial charge in [-0.25, -0.2) is 0 Å². The Labute approximate surface area is 105 Å². The summed E-state index contributed by atoms with van der Waals surface area (Å²) in [6, 6.07) is 5.00. The Balaban J connectivity index is 2.14. The zero-order valence-electron chi connectivity index (χ0n) is 9.45. The smallest absolute Gasteiger partial charge is 0.394 e. The number of nitrogens with two attached hydrogens (primary N) is 1. The van der Waals surface area contributed by atoms with Gasteiger partial charge in [0.2, 0.25) is 5.76 Å². The van der Waals surface area contributed by atoms with Crippen molar-refractivity contribution in [3.63, 3.8) is 0 Å². The second-order valence-corrected chi connectivity index (χ2v) is 4.09. The molecule has 0 saturated heterocycles. The summed E-state index contributed by atoms with van der Waals surface area (Å²) in [6.45, 7) is 0. The molecule has 0 amide bonds. The molecule has 98 valence electrons. The molecule has 0 aliphatic rings. The third-order valence-corrected chi connectivity index (χ3v) is 2.79. The topological polar surface area (TPSA) is 67.8 Å². The van der Waals surface area contributed by atoms with E-state index >= 15 is 0 Å². The van der Waals surface area contributed by atoms with Crippen molar-refractivity contribution in [2.75, 3.05) is 5.73 Å². The Morgan fingerprint density at radius 3 is 2.63 bits per heavy atom. The Morgan fingerprint density at radius 1 is 1.21 bits per heavy atom. The van der Waals surface area contributed by atoms with Crippen LogP contribution in [0, 0.1) is 0 Å². The number of hydrogen-bond acceptors (Lipinski definition) is 3. The second kappa shape index (κ2) is 3.78. The third-order valence-electron chi connectivity index (χ3n) is 2.79. The molecule has 2 aromatic heterocycles. The first-order valence-electron chi connectivity index (χ1n) is 5.35. The fraction of sp³-hybridized carbons (Fsp3) is 0.0833. The zero-order valence-corrected chi connectivity index (χ0v) is 9.45. The van der Waals surface area contributed by atoms with E-state index in [2.05, 4.69) is 10.1 Å². The van der Waals surface area contributed by atoms with Crippen molar-refractivity contribution < 1.29 is 17.7 Å². The molecule has 19 heavy (non-hydrogen) atoms. The van der Waals surface area contributed by atoms with Gasteiger partial charge in [-0.15, -0.1) is 0 Å². The number of rotatable bonds is 1. The third kappa shape index (κ3) is 1.92. The predicted molar refractivity (Wildman–Crippen MR) is 63.2 cm³/mol. The molecular formula is C12H8F3N3O. The van der Waals surface area contributed by atoms with Crippen LogP contribution in [-0.4, -0.2) is 10.1 Å². The summed E-state index contributed by atoms with van der Waals surface area (Å²) in [5.74, 6) is 0.310. The maximum absolute atomic E-state index is 12.6. The monoisotopic (exact) mass is 267 g/mol. The summed E-state index contributed by atoms with van der Waals surface area (Å²) in [5, 5.41) is 3.96. The molecular weight excluding hydrogens is 259 g/mol. The van der Waals surface area contributed by atoms with Crippen molar-refractivity contribution in [1.29, 1.82) is 0 Å². The number of nitrogen functional groups attached to an aromatic ring is 1. The summed E-state index contributed by atoms with van der Waals surface area (Å²) in [5.41, 5.74) is 6.32. The highest BCUT2D eigenvalue weighted by Gasteiger charge is 2.30. The van der Waals surface area contributed by atoms with Gasteiger partial charge in [-0.1, -0.05) is 5.16 Å². The Kier molecular flexibility index (Phi) is 2.31. The van der Waals surface area contributed by atoms with Crippen molar-refractivity contribution in [3.05, 3.63) is 36.0 Å². The largest absolute Gasteiger partial charge is 0.416 e. The molecule has 3 aromatic rings. The lowest BCUT2D eigenvalue weighted by Crippen LogP contribution is -2.03. The van der Waals surface area contributed by atoms with Gasteiger partial charge in [-0.3, -0.25) is 0 Å². The van der Waals surface area contributed by atoms with Gasteiger partial charge in [0.1, 0.15) is 5.69 Å². The molecule has 3 rings (SSSR count). The van der Waals surface area contributed by atoms with E-state index in [9.17, 15) is 13.2 Å². The van der Waals surface area contributed by atoms with Crippen LogP contribution in [0.2, 0.25) is 0 Å². The number of fused-ring (bicyclic) bond motifs is 1. The second-order valence-electron chi connectivity index (χ2n) is 4.09. The summed E-state index contributed by atoms with van der Waals surface area (Å²) < 4.78 is 42.8.